The lowest BCUT2D eigenvalue weighted by molar-refractivity contribution is 0.133. The van der Waals surface area contributed by atoms with E-state index in [4.69, 9.17) is 9.94 Å². The van der Waals surface area contributed by atoms with Crippen molar-refractivity contribution in [3.63, 3.8) is 0 Å². The van der Waals surface area contributed by atoms with Crippen molar-refractivity contribution in [2.75, 3.05) is 18.7 Å². The Balaban J connectivity index is 2.28. The van der Waals surface area contributed by atoms with E-state index in [2.05, 4.69) is 5.48 Å². The molecule has 1 aromatic carbocycles. The molecule has 0 radical (unpaired) electrons. The summed E-state index contributed by atoms with van der Waals surface area (Å²) in [6.07, 6.45) is 0. The van der Waals surface area contributed by atoms with Gasteiger partial charge >= 0.3 is 0 Å². The van der Waals surface area contributed by atoms with Crippen LogP contribution in [0.1, 0.15) is 0 Å². The number of aliphatic hydroxyl groups is 1. The van der Waals surface area contributed by atoms with E-state index < -0.39 is 0 Å². The third-order valence-corrected chi connectivity index (χ3v) is 1.16. The summed E-state index contributed by atoms with van der Waals surface area (Å²) in [6.45, 7) is 0.328. The maximum Gasteiger partial charge on any atom is 0.0976 e. The van der Waals surface area contributed by atoms with Gasteiger partial charge in [-0.15, -0.1) is 0 Å². The van der Waals surface area contributed by atoms with Crippen LogP contribution in [0.2, 0.25) is 0 Å². The second-order valence-corrected chi connectivity index (χ2v) is 2.04. The van der Waals surface area contributed by atoms with E-state index in [1.807, 2.05) is 30.3 Å². The fraction of sp³-hybridized carbons (Fsp3) is 0.250. The van der Waals surface area contributed by atoms with E-state index in [1.54, 1.807) is 0 Å². The van der Waals surface area contributed by atoms with Crippen LogP contribution in [0.3, 0.4) is 0 Å². The Morgan fingerprint density at radius 1 is 1.27 bits per heavy atom. The van der Waals surface area contributed by atoms with Crippen molar-refractivity contribution in [1.29, 1.82) is 0 Å². The average molecular weight is 153 g/mol. The number of para-hydroxylation sites is 1. The molecular weight excluding hydrogens is 142 g/mol. The van der Waals surface area contributed by atoms with Crippen molar-refractivity contribution in [1.82, 2.24) is 0 Å². The van der Waals surface area contributed by atoms with Gasteiger partial charge in [0, 0.05) is 0 Å². The second-order valence-electron chi connectivity index (χ2n) is 2.04. The summed E-state index contributed by atoms with van der Waals surface area (Å²) in [5.74, 6) is 0. The van der Waals surface area contributed by atoms with E-state index in [9.17, 15) is 0 Å². The first-order valence-electron chi connectivity index (χ1n) is 3.47. The number of hydrogen-bond acceptors (Lipinski definition) is 3. The quantitative estimate of drug-likeness (QED) is 0.501. The van der Waals surface area contributed by atoms with Crippen molar-refractivity contribution >= 4 is 5.69 Å². The van der Waals surface area contributed by atoms with Crippen LogP contribution in [0.5, 0.6) is 0 Å². The molecule has 0 aliphatic heterocycles. The molecule has 0 heterocycles. The molecule has 0 fully saturated rings. The number of rotatable bonds is 4. The SMILES string of the molecule is OCCONc1ccccc1. The van der Waals surface area contributed by atoms with E-state index in [0.717, 1.165) is 5.69 Å². The lowest BCUT2D eigenvalue weighted by Crippen LogP contribution is -2.05. The minimum Gasteiger partial charge on any atom is -0.394 e. The predicted octanol–water partition coefficient (Wildman–Crippen LogP) is 1.02. The van der Waals surface area contributed by atoms with Crippen molar-refractivity contribution < 1.29 is 9.94 Å². The van der Waals surface area contributed by atoms with E-state index in [-0.39, 0.29) is 6.61 Å². The normalized spacial score (nSPS) is 9.55. The highest BCUT2D eigenvalue weighted by Gasteiger charge is 1.86. The number of anilines is 1. The van der Waals surface area contributed by atoms with Crippen LogP contribution in [0, 0.1) is 0 Å². The molecule has 0 saturated heterocycles. The van der Waals surface area contributed by atoms with Gasteiger partial charge in [0.25, 0.3) is 0 Å². The number of benzene rings is 1. The lowest BCUT2D eigenvalue weighted by Gasteiger charge is -2.03. The summed E-state index contributed by atoms with van der Waals surface area (Å²) in [5, 5.41) is 8.38. The minimum absolute atomic E-state index is 0.0276. The van der Waals surface area contributed by atoms with Crippen LogP contribution in [-0.4, -0.2) is 18.3 Å². The summed E-state index contributed by atoms with van der Waals surface area (Å²) in [6, 6.07) is 9.52. The molecule has 0 aliphatic carbocycles. The summed E-state index contributed by atoms with van der Waals surface area (Å²) in [4.78, 5) is 4.87. The van der Waals surface area contributed by atoms with Crippen molar-refractivity contribution in [2.45, 2.75) is 0 Å². The number of aliphatic hydroxyl groups excluding tert-OH is 1. The van der Waals surface area contributed by atoms with Crippen LogP contribution in [0.15, 0.2) is 30.3 Å². The Kier molecular flexibility index (Phi) is 3.44. The zero-order chi connectivity index (χ0) is 7.94. The highest BCUT2D eigenvalue weighted by molar-refractivity contribution is 5.39. The Morgan fingerprint density at radius 3 is 2.64 bits per heavy atom. The van der Waals surface area contributed by atoms with Crippen LogP contribution in [0.4, 0.5) is 5.69 Å². The molecule has 0 amide bonds. The fourth-order valence-corrected chi connectivity index (χ4v) is 0.686. The summed E-state index contributed by atoms with van der Waals surface area (Å²) in [7, 11) is 0. The molecule has 1 rings (SSSR count). The zero-order valence-corrected chi connectivity index (χ0v) is 6.16. The maximum atomic E-state index is 8.38. The zero-order valence-electron chi connectivity index (χ0n) is 6.16. The molecule has 3 nitrogen and oxygen atoms in total. The van der Waals surface area contributed by atoms with Gasteiger partial charge in [-0.25, -0.2) is 0 Å². The monoisotopic (exact) mass is 153 g/mol. The highest BCUT2D eigenvalue weighted by Crippen LogP contribution is 2.03. The molecule has 0 atom stereocenters. The highest BCUT2D eigenvalue weighted by atomic mass is 16.6. The lowest BCUT2D eigenvalue weighted by atomic mass is 10.3. The van der Waals surface area contributed by atoms with Crippen molar-refractivity contribution in [3.8, 4) is 0 Å². The summed E-state index contributed by atoms with van der Waals surface area (Å²) in [5.41, 5.74) is 3.58. The molecule has 0 unspecified atom stereocenters. The Bertz CT molecular complexity index is 189. The van der Waals surface area contributed by atoms with Crippen LogP contribution in [0.25, 0.3) is 0 Å². The molecule has 0 aromatic heterocycles. The Hall–Kier alpha value is -1.06. The molecule has 0 spiro atoms. The van der Waals surface area contributed by atoms with Crippen molar-refractivity contribution in [2.24, 2.45) is 0 Å². The third-order valence-electron chi connectivity index (χ3n) is 1.16. The van der Waals surface area contributed by atoms with Gasteiger partial charge in [-0.05, 0) is 12.1 Å². The largest absolute Gasteiger partial charge is 0.394 e. The molecule has 60 valence electrons. The third kappa shape index (κ3) is 3.02. The first-order chi connectivity index (χ1) is 5.43. The van der Waals surface area contributed by atoms with Crippen LogP contribution < -0.4 is 5.48 Å². The van der Waals surface area contributed by atoms with Gasteiger partial charge in [0.1, 0.15) is 0 Å². The standard InChI is InChI=1S/C8H11NO2/c10-6-7-11-9-8-4-2-1-3-5-8/h1-5,9-10H,6-7H2. The first kappa shape index (κ1) is 8.04. The molecule has 0 bridgehead atoms. The van der Waals surface area contributed by atoms with Gasteiger partial charge in [-0.2, -0.15) is 0 Å². The summed E-state index contributed by atoms with van der Waals surface area (Å²) >= 11 is 0. The van der Waals surface area contributed by atoms with Crippen molar-refractivity contribution in [3.05, 3.63) is 30.3 Å². The fourth-order valence-electron chi connectivity index (χ4n) is 0.686. The second kappa shape index (κ2) is 4.71. The van der Waals surface area contributed by atoms with E-state index in [0.29, 0.717) is 6.61 Å². The molecule has 11 heavy (non-hydrogen) atoms. The van der Waals surface area contributed by atoms with Gasteiger partial charge in [-0.1, -0.05) is 18.2 Å². The molecule has 0 aliphatic rings. The Morgan fingerprint density at radius 2 is 2.00 bits per heavy atom. The summed E-state index contributed by atoms with van der Waals surface area (Å²) < 4.78 is 0. The van der Waals surface area contributed by atoms with Gasteiger partial charge in [0.2, 0.25) is 0 Å². The average Bonchev–Trinajstić information content (AvgIpc) is 2.07. The van der Waals surface area contributed by atoms with Crippen LogP contribution in [-0.2, 0) is 4.84 Å². The molecule has 3 heteroatoms. The topological polar surface area (TPSA) is 41.5 Å². The number of nitrogens with one attached hydrogen (secondary N) is 1. The van der Waals surface area contributed by atoms with Crippen LogP contribution >= 0.6 is 0 Å². The Labute approximate surface area is 65.6 Å². The van der Waals surface area contributed by atoms with Gasteiger partial charge in [0.05, 0.1) is 18.9 Å². The van der Waals surface area contributed by atoms with E-state index >= 15 is 0 Å². The minimum atomic E-state index is 0.0276. The van der Waals surface area contributed by atoms with Gasteiger partial charge < -0.3 is 5.11 Å². The van der Waals surface area contributed by atoms with Gasteiger partial charge in [0.15, 0.2) is 0 Å². The maximum absolute atomic E-state index is 8.38. The molecule has 0 saturated carbocycles. The molecule has 1 aromatic rings. The number of hydrogen-bond donors (Lipinski definition) is 2. The molecular formula is C8H11NO2. The predicted molar refractivity (Wildman–Crippen MR) is 43.1 cm³/mol. The first-order valence-corrected chi connectivity index (χ1v) is 3.47. The molecule has 2 N–H and O–H groups in total. The smallest absolute Gasteiger partial charge is 0.0976 e. The van der Waals surface area contributed by atoms with E-state index in [1.165, 1.54) is 0 Å². The van der Waals surface area contributed by atoms with Gasteiger partial charge in [-0.3, -0.25) is 10.3 Å².